The standard InChI is InChI=1S/C17H25N3O5/c21-14(19-3-1-2-13(19)15(22)23)9-20(18-25)16-5-11-4-12(6-16)8-17(24,7-11)10-16/h11-13,24H,1-10H2,(H,22,23)/t11?,12?,13-,16?,17?/m0/s1. The molecule has 5 aliphatic rings. The van der Waals surface area contributed by atoms with Crippen LogP contribution in [0.1, 0.15) is 51.4 Å². The maximum absolute atomic E-state index is 12.7. The van der Waals surface area contributed by atoms with E-state index in [1.165, 1.54) is 9.91 Å². The second kappa shape index (κ2) is 5.65. The predicted octanol–water partition coefficient (Wildman–Crippen LogP) is 1.13. The molecule has 2 unspecified atom stereocenters. The molecule has 1 aliphatic heterocycles. The van der Waals surface area contributed by atoms with E-state index in [1.54, 1.807) is 0 Å². The molecule has 4 aliphatic carbocycles. The molecule has 0 aromatic rings. The van der Waals surface area contributed by atoms with Gasteiger partial charge in [0.15, 0.2) is 0 Å². The van der Waals surface area contributed by atoms with Crippen LogP contribution in [0.15, 0.2) is 5.29 Å². The molecule has 0 radical (unpaired) electrons. The molecule has 0 aromatic heterocycles. The number of nitrogens with zero attached hydrogens (tertiary/aromatic N) is 3. The van der Waals surface area contributed by atoms with Crippen molar-refractivity contribution in [3.05, 3.63) is 4.91 Å². The van der Waals surface area contributed by atoms with Crippen LogP contribution in [0, 0.1) is 16.7 Å². The quantitative estimate of drug-likeness (QED) is 0.567. The van der Waals surface area contributed by atoms with Gasteiger partial charge in [-0.3, -0.25) is 4.79 Å². The summed E-state index contributed by atoms with van der Waals surface area (Å²) < 4.78 is 0. The third-order valence-electron chi connectivity index (χ3n) is 6.79. The molecule has 1 heterocycles. The summed E-state index contributed by atoms with van der Waals surface area (Å²) in [5, 5.41) is 24.6. The molecule has 1 amide bonds. The summed E-state index contributed by atoms with van der Waals surface area (Å²) >= 11 is 0. The average molecular weight is 351 g/mol. The van der Waals surface area contributed by atoms with Gasteiger partial charge >= 0.3 is 5.97 Å². The molecular formula is C17H25N3O5. The van der Waals surface area contributed by atoms with E-state index in [-0.39, 0.29) is 12.5 Å². The first-order chi connectivity index (χ1) is 11.8. The fourth-order valence-electron chi connectivity index (χ4n) is 6.29. The Morgan fingerprint density at radius 3 is 2.44 bits per heavy atom. The normalized spacial score (nSPS) is 41.8. The molecule has 0 aromatic carbocycles. The number of likely N-dealkylation sites (tertiary alicyclic amines) is 1. The maximum Gasteiger partial charge on any atom is 0.326 e. The molecule has 1 saturated heterocycles. The number of carboxylic acids is 1. The lowest BCUT2D eigenvalue weighted by atomic mass is 9.51. The summed E-state index contributed by atoms with van der Waals surface area (Å²) in [6.07, 6.45) is 5.79. The first-order valence-electron chi connectivity index (χ1n) is 9.20. The molecule has 25 heavy (non-hydrogen) atoms. The number of carbonyl (C=O) groups is 2. The van der Waals surface area contributed by atoms with Crippen molar-refractivity contribution < 1.29 is 19.8 Å². The fourth-order valence-corrected chi connectivity index (χ4v) is 6.29. The largest absolute Gasteiger partial charge is 0.480 e. The van der Waals surface area contributed by atoms with E-state index in [1.807, 2.05) is 0 Å². The minimum atomic E-state index is -0.999. The summed E-state index contributed by atoms with van der Waals surface area (Å²) in [6.45, 7) is 0.216. The van der Waals surface area contributed by atoms with Gasteiger partial charge in [-0.15, -0.1) is 4.91 Å². The van der Waals surface area contributed by atoms with Crippen LogP contribution in [0.25, 0.3) is 0 Å². The Morgan fingerprint density at radius 2 is 1.88 bits per heavy atom. The summed E-state index contributed by atoms with van der Waals surface area (Å²) in [5.74, 6) is -0.596. The smallest absolute Gasteiger partial charge is 0.326 e. The number of aliphatic hydroxyl groups is 1. The molecule has 8 heteroatoms. The molecule has 8 nitrogen and oxygen atoms in total. The Kier molecular flexibility index (Phi) is 3.79. The van der Waals surface area contributed by atoms with Crippen molar-refractivity contribution in [3.8, 4) is 0 Å². The van der Waals surface area contributed by atoms with Crippen LogP contribution >= 0.6 is 0 Å². The van der Waals surface area contributed by atoms with Crippen molar-refractivity contribution in [1.82, 2.24) is 9.91 Å². The zero-order chi connectivity index (χ0) is 17.8. The molecule has 4 saturated carbocycles. The van der Waals surface area contributed by atoms with Crippen LogP contribution in [0.4, 0.5) is 0 Å². The summed E-state index contributed by atoms with van der Waals surface area (Å²) in [5.41, 5.74) is -1.29. The topological polar surface area (TPSA) is 111 Å². The van der Waals surface area contributed by atoms with Gasteiger partial charge in [-0.1, -0.05) is 0 Å². The van der Waals surface area contributed by atoms with Crippen molar-refractivity contribution >= 4 is 11.9 Å². The molecular weight excluding hydrogens is 326 g/mol. The van der Waals surface area contributed by atoms with E-state index < -0.39 is 23.2 Å². The zero-order valence-corrected chi connectivity index (χ0v) is 14.3. The molecule has 0 spiro atoms. The monoisotopic (exact) mass is 351 g/mol. The lowest BCUT2D eigenvalue weighted by molar-refractivity contribution is -0.179. The lowest BCUT2D eigenvalue weighted by Gasteiger charge is -2.61. The summed E-state index contributed by atoms with van der Waals surface area (Å²) in [6, 6.07) is -0.804. The number of rotatable bonds is 5. The molecule has 4 bridgehead atoms. The highest BCUT2D eigenvalue weighted by atomic mass is 16.4. The van der Waals surface area contributed by atoms with Crippen molar-refractivity contribution in [2.45, 2.75) is 68.5 Å². The van der Waals surface area contributed by atoms with E-state index in [9.17, 15) is 24.7 Å². The van der Waals surface area contributed by atoms with Crippen LogP contribution in [0.5, 0.6) is 0 Å². The predicted molar refractivity (Wildman–Crippen MR) is 87.2 cm³/mol. The van der Waals surface area contributed by atoms with Gasteiger partial charge < -0.3 is 15.1 Å². The number of nitroso groups, excluding NO2 is 1. The SMILES string of the molecule is O=NN(CC(=O)N1CCC[C@H]1C(=O)O)C12CC3CC(CC(O)(C3)C1)C2. The highest BCUT2D eigenvalue weighted by molar-refractivity contribution is 5.85. The van der Waals surface area contributed by atoms with Crippen LogP contribution in [0.3, 0.4) is 0 Å². The van der Waals surface area contributed by atoms with E-state index in [0.29, 0.717) is 37.6 Å². The summed E-state index contributed by atoms with van der Waals surface area (Å²) in [7, 11) is 0. The second-order valence-corrected chi connectivity index (χ2v) is 8.63. The lowest BCUT2D eigenvalue weighted by Crippen LogP contribution is -2.65. The molecule has 5 rings (SSSR count). The third kappa shape index (κ3) is 2.70. The Balaban J connectivity index is 1.52. The molecule has 138 valence electrons. The van der Waals surface area contributed by atoms with Gasteiger partial charge in [0.25, 0.3) is 0 Å². The third-order valence-corrected chi connectivity index (χ3v) is 6.79. The van der Waals surface area contributed by atoms with Gasteiger partial charge in [0.2, 0.25) is 5.91 Å². The number of hydrogen-bond acceptors (Lipinski definition) is 5. The van der Waals surface area contributed by atoms with Crippen molar-refractivity contribution in [3.63, 3.8) is 0 Å². The van der Waals surface area contributed by atoms with Crippen molar-refractivity contribution in [2.75, 3.05) is 13.1 Å². The zero-order valence-electron chi connectivity index (χ0n) is 14.3. The molecule has 3 atom stereocenters. The number of carbonyl (C=O) groups excluding carboxylic acids is 1. The fraction of sp³-hybridized carbons (Fsp3) is 0.882. The number of amides is 1. The van der Waals surface area contributed by atoms with Crippen LogP contribution in [-0.2, 0) is 9.59 Å². The first-order valence-corrected chi connectivity index (χ1v) is 9.20. The minimum absolute atomic E-state index is 0.192. The average Bonchev–Trinajstić information content (AvgIpc) is 2.99. The van der Waals surface area contributed by atoms with Gasteiger partial charge in [0, 0.05) is 13.0 Å². The van der Waals surface area contributed by atoms with E-state index in [0.717, 1.165) is 32.1 Å². The van der Waals surface area contributed by atoms with Gasteiger partial charge in [-0.05, 0) is 56.8 Å². The Bertz CT molecular complexity index is 595. The van der Waals surface area contributed by atoms with Crippen LogP contribution in [-0.4, -0.2) is 62.3 Å². The van der Waals surface area contributed by atoms with Crippen LogP contribution < -0.4 is 0 Å². The van der Waals surface area contributed by atoms with E-state index in [2.05, 4.69) is 5.29 Å². The number of carboxylic acid groups (broad SMARTS) is 1. The van der Waals surface area contributed by atoms with Gasteiger partial charge in [-0.2, -0.15) is 0 Å². The Morgan fingerprint density at radius 1 is 1.20 bits per heavy atom. The second-order valence-electron chi connectivity index (χ2n) is 8.63. The van der Waals surface area contributed by atoms with Gasteiger partial charge in [0.1, 0.15) is 12.6 Å². The highest BCUT2D eigenvalue weighted by Gasteiger charge is 2.60. The number of hydrogen-bond donors (Lipinski definition) is 2. The molecule has 5 fully saturated rings. The van der Waals surface area contributed by atoms with Crippen molar-refractivity contribution in [1.29, 1.82) is 0 Å². The van der Waals surface area contributed by atoms with Gasteiger partial charge in [0.05, 0.1) is 16.4 Å². The van der Waals surface area contributed by atoms with Crippen molar-refractivity contribution in [2.24, 2.45) is 17.1 Å². The van der Waals surface area contributed by atoms with E-state index in [4.69, 9.17) is 0 Å². The maximum atomic E-state index is 12.7. The Labute approximate surface area is 146 Å². The van der Waals surface area contributed by atoms with E-state index >= 15 is 0 Å². The molecule has 2 N–H and O–H groups in total. The summed E-state index contributed by atoms with van der Waals surface area (Å²) in [4.78, 5) is 36.9. The first kappa shape index (κ1) is 16.8. The Hall–Kier alpha value is -1.70. The highest BCUT2D eigenvalue weighted by Crippen LogP contribution is 2.59. The van der Waals surface area contributed by atoms with Crippen LogP contribution in [0.2, 0.25) is 0 Å². The number of aliphatic carboxylic acids is 1. The minimum Gasteiger partial charge on any atom is -0.480 e. The van der Waals surface area contributed by atoms with Gasteiger partial charge in [-0.25, -0.2) is 9.80 Å².